The number of nitrogens with one attached hydrogen (secondary N) is 1. The van der Waals surface area contributed by atoms with Crippen LogP contribution in [0.5, 0.6) is 0 Å². The van der Waals surface area contributed by atoms with Crippen LogP contribution in [0.3, 0.4) is 0 Å². The van der Waals surface area contributed by atoms with Crippen molar-refractivity contribution in [2.24, 2.45) is 0 Å². The highest BCUT2D eigenvalue weighted by atomic mass is 32.1. The summed E-state index contributed by atoms with van der Waals surface area (Å²) in [6, 6.07) is 0. The Balaban J connectivity index is 1.64. The molecule has 1 heterocycles. The molecule has 4 heteroatoms. The van der Waals surface area contributed by atoms with Crippen molar-refractivity contribution in [3.63, 3.8) is 0 Å². The number of aryl methyl sites for hydroxylation is 1. The zero-order chi connectivity index (χ0) is 10.5. The van der Waals surface area contributed by atoms with Gasteiger partial charge in [0.2, 0.25) is 0 Å². The van der Waals surface area contributed by atoms with E-state index in [0.717, 1.165) is 25.4 Å². The van der Waals surface area contributed by atoms with Gasteiger partial charge >= 0.3 is 0 Å². The largest absolute Gasteiger partial charge is 0.317 e. The van der Waals surface area contributed by atoms with Gasteiger partial charge in [0.25, 0.3) is 0 Å². The van der Waals surface area contributed by atoms with Gasteiger partial charge in [-0.15, -0.1) is 21.5 Å². The zero-order valence-corrected chi connectivity index (χ0v) is 10.1. The van der Waals surface area contributed by atoms with Gasteiger partial charge in [-0.25, -0.2) is 0 Å². The average molecular weight is 225 g/mol. The molecule has 0 radical (unpaired) electrons. The molecule has 0 saturated heterocycles. The third-order valence-electron chi connectivity index (χ3n) is 2.58. The fraction of sp³-hybridized carbons (Fsp3) is 0.818. The van der Waals surface area contributed by atoms with Crippen molar-refractivity contribution in [3.05, 3.63) is 10.0 Å². The van der Waals surface area contributed by atoms with Gasteiger partial charge in [0, 0.05) is 12.3 Å². The van der Waals surface area contributed by atoms with Gasteiger partial charge in [0.15, 0.2) is 0 Å². The SMILES string of the molecule is CCCNCCCc1nnc(C2CC2)s1. The Morgan fingerprint density at radius 3 is 2.93 bits per heavy atom. The zero-order valence-electron chi connectivity index (χ0n) is 9.33. The highest BCUT2D eigenvalue weighted by Crippen LogP contribution is 2.41. The summed E-state index contributed by atoms with van der Waals surface area (Å²) >= 11 is 1.82. The van der Waals surface area contributed by atoms with Crippen molar-refractivity contribution in [2.45, 2.75) is 44.9 Å². The molecule has 1 aliphatic rings. The molecular formula is C11H19N3S. The van der Waals surface area contributed by atoms with Crippen molar-refractivity contribution in [1.82, 2.24) is 15.5 Å². The molecule has 0 unspecified atom stereocenters. The van der Waals surface area contributed by atoms with Gasteiger partial charge in [-0.2, -0.15) is 0 Å². The Labute approximate surface area is 95.3 Å². The molecule has 15 heavy (non-hydrogen) atoms. The second-order valence-electron chi connectivity index (χ2n) is 4.16. The first-order valence-electron chi connectivity index (χ1n) is 5.93. The van der Waals surface area contributed by atoms with Gasteiger partial charge in [-0.3, -0.25) is 0 Å². The molecule has 2 rings (SSSR count). The molecule has 0 aromatic carbocycles. The van der Waals surface area contributed by atoms with Crippen molar-refractivity contribution in [3.8, 4) is 0 Å². The van der Waals surface area contributed by atoms with Crippen LogP contribution in [0.4, 0.5) is 0 Å². The van der Waals surface area contributed by atoms with Gasteiger partial charge in [-0.05, 0) is 38.8 Å². The minimum absolute atomic E-state index is 0.759. The van der Waals surface area contributed by atoms with E-state index in [0.29, 0.717) is 0 Å². The smallest absolute Gasteiger partial charge is 0.120 e. The molecule has 0 amide bonds. The average Bonchev–Trinajstić information content (AvgIpc) is 2.99. The van der Waals surface area contributed by atoms with Gasteiger partial charge in [0.05, 0.1) is 0 Å². The van der Waals surface area contributed by atoms with Crippen LogP contribution in [-0.2, 0) is 6.42 Å². The van der Waals surface area contributed by atoms with Crippen LogP contribution >= 0.6 is 11.3 Å². The molecule has 0 aliphatic heterocycles. The molecular weight excluding hydrogens is 206 g/mol. The Hall–Kier alpha value is -0.480. The number of nitrogens with zero attached hydrogens (tertiary/aromatic N) is 2. The molecule has 1 N–H and O–H groups in total. The topological polar surface area (TPSA) is 37.8 Å². The summed E-state index contributed by atoms with van der Waals surface area (Å²) in [5, 5.41) is 14.4. The number of hydrogen-bond donors (Lipinski definition) is 1. The fourth-order valence-electron chi connectivity index (χ4n) is 1.53. The van der Waals surface area contributed by atoms with Crippen molar-refractivity contribution >= 4 is 11.3 Å². The molecule has 84 valence electrons. The van der Waals surface area contributed by atoms with E-state index in [1.807, 2.05) is 11.3 Å². The highest BCUT2D eigenvalue weighted by molar-refractivity contribution is 7.11. The second kappa shape index (κ2) is 5.56. The Morgan fingerprint density at radius 1 is 1.33 bits per heavy atom. The third-order valence-corrected chi connectivity index (χ3v) is 3.73. The standard InChI is InChI=1S/C11H19N3S/c1-2-7-12-8-3-4-10-13-14-11(15-10)9-5-6-9/h9,12H,2-8H2,1H3. The molecule has 1 saturated carbocycles. The molecule has 1 aromatic rings. The highest BCUT2D eigenvalue weighted by Gasteiger charge is 2.27. The van der Waals surface area contributed by atoms with Gasteiger partial charge in [-0.1, -0.05) is 6.92 Å². The maximum Gasteiger partial charge on any atom is 0.120 e. The Kier molecular flexibility index (Phi) is 4.09. The summed E-state index contributed by atoms with van der Waals surface area (Å²) in [6.45, 7) is 4.43. The van der Waals surface area contributed by atoms with Gasteiger partial charge < -0.3 is 5.32 Å². The lowest BCUT2D eigenvalue weighted by Crippen LogP contribution is -2.16. The van der Waals surface area contributed by atoms with Crippen LogP contribution < -0.4 is 5.32 Å². The molecule has 0 bridgehead atoms. The summed E-state index contributed by atoms with van der Waals surface area (Å²) in [5.74, 6) is 0.759. The summed E-state index contributed by atoms with van der Waals surface area (Å²) < 4.78 is 0. The summed E-state index contributed by atoms with van der Waals surface area (Å²) in [6.07, 6.45) is 6.13. The monoisotopic (exact) mass is 225 g/mol. The lowest BCUT2D eigenvalue weighted by molar-refractivity contribution is 0.637. The number of aromatic nitrogens is 2. The van der Waals surface area contributed by atoms with E-state index in [1.165, 1.54) is 35.7 Å². The summed E-state index contributed by atoms with van der Waals surface area (Å²) in [5.41, 5.74) is 0. The van der Waals surface area contributed by atoms with Crippen LogP contribution in [0, 0.1) is 0 Å². The molecule has 1 fully saturated rings. The van der Waals surface area contributed by atoms with E-state index in [1.54, 1.807) is 0 Å². The van der Waals surface area contributed by atoms with Crippen LogP contribution in [-0.4, -0.2) is 23.3 Å². The summed E-state index contributed by atoms with van der Waals surface area (Å²) in [7, 11) is 0. The van der Waals surface area contributed by atoms with Crippen LogP contribution in [0.15, 0.2) is 0 Å². The lowest BCUT2D eigenvalue weighted by Gasteiger charge is -1.99. The van der Waals surface area contributed by atoms with Crippen LogP contribution in [0.25, 0.3) is 0 Å². The maximum atomic E-state index is 4.24. The van der Waals surface area contributed by atoms with E-state index in [2.05, 4.69) is 22.4 Å². The molecule has 1 aromatic heterocycles. The first-order valence-corrected chi connectivity index (χ1v) is 6.74. The second-order valence-corrected chi connectivity index (χ2v) is 5.26. The predicted molar refractivity (Wildman–Crippen MR) is 63.4 cm³/mol. The maximum absolute atomic E-state index is 4.24. The van der Waals surface area contributed by atoms with Gasteiger partial charge in [0.1, 0.15) is 10.0 Å². The minimum Gasteiger partial charge on any atom is -0.317 e. The van der Waals surface area contributed by atoms with Crippen molar-refractivity contribution < 1.29 is 0 Å². The Bertz CT molecular complexity index is 294. The normalized spacial score (nSPS) is 15.8. The predicted octanol–water partition coefficient (Wildman–Crippen LogP) is 2.35. The molecule has 3 nitrogen and oxygen atoms in total. The number of hydrogen-bond acceptors (Lipinski definition) is 4. The van der Waals surface area contributed by atoms with Crippen molar-refractivity contribution in [1.29, 1.82) is 0 Å². The van der Waals surface area contributed by atoms with Crippen LogP contribution in [0.2, 0.25) is 0 Å². The van der Waals surface area contributed by atoms with Crippen molar-refractivity contribution in [2.75, 3.05) is 13.1 Å². The minimum atomic E-state index is 0.759. The first-order chi connectivity index (χ1) is 7.40. The molecule has 1 aliphatic carbocycles. The molecule has 0 spiro atoms. The number of rotatable bonds is 7. The first kappa shape index (κ1) is 11.0. The third kappa shape index (κ3) is 3.54. The van der Waals surface area contributed by atoms with Crippen LogP contribution in [0.1, 0.15) is 48.5 Å². The lowest BCUT2D eigenvalue weighted by atomic mass is 10.3. The summed E-state index contributed by atoms with van der Waals surface area (Å²) in [4.78, 5) is 0. The quantitative estimate of drug-likeness (QED) is 0.724. The Morgan fingerprint density at radius 2 is 2.20 bits per heavy atom. The van der Waals surface area contributed by atoms with E-state index in [4.69, 9.17) is 0 Å². The van der Waals surface area contributed by atoms with E-state index >= 15 is 0 Å². The van der Waals surface area contributed by atoms with E-state index in [-0.39, 0.29) is 0 Å². The fourth-order valence-corrected chi connectivity index (χ4v) is 2.58. The van der Waals surface area contributed by atoms with E-state index < -0.39 is 0 Å². The molecule has 0 atom stereocenters. The van der Waals surface area contributed by atoms with E-state index in [9.17, 15) is 0 Å².